The highest BCUT2D eigenvalue weighted by Crippen LogP contribution is 2.24. The zero-order chi connectivity index (χ0) is 12.3. The predicted octanol–water partition coefficient (Wildman–Crippen LogP) is 2.72. The topological polar surface area (TPSA) is 37.0 Å². The summed E-state index contributed by atoms with van der Waals surface area (Å²) in [7, 11) is 0. The van der Waals surface area contributed by atoms with E-state index in [0.717, 1.165) is 18.8 Å². The maximum absolute atomic E-state index is 4.62. The van der Waals surface area contributed by atoms with Crippen molar-refractivity contribution in [1.82, 2.24) is 10.3 Å². The minimum atomic E-state index is 0.521. The van der Waals surface area contributed by atoms with E-state index in [1.807, 2.05) is 0 Å². The number of nitrogens with one attached hydrogen (secondary N) is 2. The molecule has 3 nitrogen and oxygen atoms in total. The van der Waals surface area contributed by atoms with Crippen molar-refractivity contribution in [3.8, 4) is 0 Å². The van der Waals surface area contributed by atoms with Crippen LogP contribution in [-0.4, -0.2) is 17.1 Å². The second kappa shape index (κ2) is 5.50. The molecule has 0 saturated heterocycles. The molecular formula is C14H23N3. The first kappa shape index (κ1) is 12.4. The van der Waals surface area contributed by atoms with E-state index < -0.39 is 0 Å². The van der Waals surface area contributed by atoms with Gasteiger partial charge in [0.15, 0.2) is 0 Å². The molecule has 0 radical (unpaired) electrons. The first-order chi connectivity index (χ1) is 8.17. The van der Waals surface area contributed by atoms with Gasteiger partial charge < -0.3 is 10.6 Å². The van der Waals surface area contributed by atoms with Gasteiger partial charge in [0.25, 0.3) is 0 Å². The van der Waals surface area contributed by atoms with E-state index in [2.05, 4.69) is 48.5 Å². The van der Waals surface area contributed by atoms with Crippen LogP contribution in [0, 0.1) is 0 Å². The van der Waals surface area contributed by atoms with Crippen molar-refractivity contribution in [1.29, 1.82) is 0 Å². The van der Waals surface area contributed by atoms with Crippen molar-refractivity contribution >= 4 is 5.82 Å². The van der Waals surface area contributed by atoms with Crippen molar-refractivity contribution in [2.75, 3.05) is 5.32 Å². The quantitative estimate of drug-likeness (QED) is 0.793. The van der Waals surface area contributed by atoms with Gasteiger partial charge in [-0.05, 0) is 37.0 Å². The van der Waals surface area contributed by atoms with E-state index in [1.165, 1.54) is 24.1 Å². The van der Waals surface area contributed by atoms with Gasteiger partial charge >= 0.3 is 0 Å². The van der Waals surface area contributed by atoms with Gasteiger partial charge in [-0.1, -0.05) is 20.8 Å². The van der Waals surface area contributed by atoms with Gasteiger partial charge in [-0.3, -0.25) is 0 Å². The molecule has 0 amide bonds. The predicted molar refractivity (Wildman–Crippen MR) is 72.2 cm³/mol. The van der Waals surface area contributed by atoms with Crippen LogP contribution < -0.4 is 10.6 Å². The maximum atomic E-state index is 4.62. The van der Waals surface area contributed by atoms with E-state index in [4.69, 9.17) is 0 Å². The average molecular weight is 233 g/mol. The van der Waals surface area contributed by atoms with Gasteiger partial charge in [0.2, 0.25) is 0 Å². The number of aryl methyl sites for hydroxylation is 1. The molecule has 0 aliphatic heterocycles. The SMILES string of the molecule is CCc1cc(CNC(C)C)cc(NC2CC2)n1. The van der Waals surface area contributed by atoms with Crippen LogP contribution in [-0.2, 0) is 13.0 Å². The maximum Gasteiger partial charge on any atom is 0.126 e. The lowest BCUT2D eigenvalue weighted by atomic mass is 10.2. The molecule has 0 atom stereocenters. The number of rotatable bonds is 6. The summed E-state index contributed by atoms with van der Waals surface area (Å²) < 4.78 is 0. The Bertz CT molecular complexity index is 370. The summed E-state index contributed by atoms with van der Waals surface area (Å²) in [6, 6.07) is 5.56. The highest BCUT2D eigenvalue weighted by Gasteiger charge is 2.21. The standard InChI is InChI=1S/C14H23N3/c1-4-12-7-11(9-15-10(2)3)8-14(16-12)17-13-5-6-13/h7-8,10,13,15H,4-6,9H2,1-3H3,(H,16,17). The Morgan fingerprint density at radius 2 is 2.12 bits per heavy atom. The normalized spacial score (nSPS) is 15.3. The third kappa shape index (κ3) is 4.00. The van der Waals surface area contributed by atoms with Gasteiger partial charge in [0.05, 0.1) is 0 Å². The highest BCUT2D eigenvalue weighted by molar-refractivity contribution is 5.41. The molecule has 17 heavy (non-hydrogen) atoms. The number of hydrogen-bond donors (Lipinski definition) is 2. The Balaban J connectivity index is 2.06. The van der Waals surface area contributed by atoms with E-state index >= 15 is 0 Å². The van der Waals surface area contributed by atoms with Gasteiger partial charge in [0.1, 0.15) is 5.82 Å². The van der Waals surface area contributed by atoms with E-state index in [9.17, 15) is 0 Å². The fraction of sp³-hybridized carbons (Fsp3) is 0.643. The van der Waals surface area contributed by atoms with Crippen molar-refractivity contribution in [2.45, 2.75) is 58.7 Å². The monoisotopic (exact) mass is 233 g/mol. The molecule has 1 heterocycles. The van der Waals surface area contributed by atoms with Crippen molar-refractivity contribution in [3.63, 3.8) is 0 Å². The summed E-state index contributed by atoms with van der Waals surface area (Å²) in [6.07, 6.45) is 3.57. The van der Waals surface area contributed by atoms with Crippen LogP contribution in [0.2, 0.25) is 0 Å². The minimum Gasteiger partial charge on any atom is -0.367 e. The lowest BCUT2D eigenvalue weighted by molar-refractivity contribution is 0.588. The Hall–Kier alpha value is -1.09. The Kier molecular flexibility index (Phi) is 4.00. The zero-order valence-electron chi connectivity index (χ0n) is 11.1. The largest absolute Gasteiger partial charge is 0.367 e. The van der Waals surface area contributed by atoms with Crippen LogP contribution in [0.15, 0.2) is 12.1 Å². The summed E-state index contributed by atoms with van der Waals surface area (Å²) in [5.41, 5.74) is 2.50. The van der Waals surface area contributed by atoms with E-state index in [1.54, 1.807) is 0 Å². The average Bonchev–Trinajstić information content (AvgIpc) is 3.10. The Labute approximate surface area is 104 Å². The van der Waals surface area contributed by atoms with Crippen LogP contribution in [0.3, 0.4) is 0 Å². The first-order valence-electron chi connectivity index (χ1n) is 6.67. The van der Waals surface area contributed by atoms with Crippen LogP contribution in [0.4, 0.5) is 5.82 Å². The molecule has 2 rings (SSSR count). The summed E-state index contributed by atoms with van der Waals surface area (Å²) in [6.45, 7) is 7.42. The van der Waals surface area contributed by atoms with Crippen LogP contribution >= 0.6 is 0 Å². The third-order valence-corrected chi connectivity index (χ3v) is 2.94. The van der Waals surface area contributed by atoms with Gasteiger partial charge in [-0.15, -0.1) is 0 Å². The summed E-state index contributed by atoms with van der Waals surface area (Å²) in [5.74, 6) is 1.05. The molecule has 1 fully saturated rings. The van der Waals surface area contributed by atoms with Gasteiger partial charge in [-0.25, -0.2) is 4.98 Å². The molecule has 1 saturated carbocycles. The first-order valence-corrected chi connectivity index (χ1v) is 6.67. The molecule has 2 N–H and O–H groups in total. The lowest BCUT2D eigenvalue weighted by Crippen LogP contribution is -2.22. The molecule has 1 aromatic rings. The molecule has 0 aromatic carbocycles. The van der Waals surface area contributed by atoms with E-state index in [0.29, 0.717) is 12.1 Å². The number of pyridine rings is 1. The van der Waals surface area contributed by atoms with Crippen LogP contribution in [0.25, 0.3) is 0 Å². The van der Waals surface area contributed by atoms with Crippen molar-refractivity contribution in [3.05, 3.63) is 23.4 Å². The molecule has 1 aliphatic carbocycles. The third-order valence-electron chi connectivity index (χ3n) is 2.94. The second-order valence-electron chi connectivity index (χ2n) is 5.16. The summed E-state index contributed by atoms with van der Waals surface area (Å²) in [4.78, 5) is 4.62. The molecule has 0 spiro atoms. The van der Waals surface area contributed by atoms with E-state index in [-0.39, 0.29) is 0 Å². The molecule has 1 aliphatic rings. The lowest BCUT2D eigenvalue weighted by Gasteiger charge is -2.12. The van der Waals surface area contributed by atoms with Gasteiger partial charge in [-0.2, -0.15) is 0 Å². The molecule has 0 bridgehead atoms. The fourth-order valence-electron chi connectivity index (χ4n) is 1.77. The van der Waals surface area contributed by atoms with Crippen molar-refractivity contribution in [2.24, 2.45) is 0 Å². The van der Waals surface area contributed by atoms with Gasteiger partial charge in [0, 0.05) is 24.3 Å². The van der Waals surface area contributed by atoms with Crippen LogP contribution in [0.5, 0.6) is 0 Å². The number of nitrogens with zero attached hydrogens (tertiary/aromatic N) is 1. The smallest absolute Gasteiger partial charge is 0.126 e. The zero-order valence-corrected chi connectivity index (χ0v) is 11.1. The number of anilines is 1. The van der Waals surface area contributed by atoms with Crippen LogP contribution in [0.1, 0.15) is 44.9 Å². The second-order valence-corrected chi connectivity index (χ2v) is 5.16. The molecule has 3 heteroatoms. The highest BCUT2D eigenvalue weighted by atomic mass is 15.0. The minimum absolute atomic E-state index is 0.521. The summed E-state index contributed by atoms with van der Waals surface area (Å²) >= 11 is 0. The number of hydrogen-bond acceptors (Lipinski definition) is 3. The summed E-state index contributed by atoms with van der Waals surface area (Å²) in [5, 5.41) is 6.93. The Morgan fingerprint density at radius 1 is 1.35 bits per heavy atom. The molecule has 94 valence electrons. The fourth-order valence-corrected chi connectivity index (χ4v) is 1.77. The molecule has 0 unspecified atom stereocenters. The number of aromatic nitrogens is 1. The molecule has 1 aromatic heterocycles. The van der Waals surface area contributed by atoms with Crippen molar-refractivity contribution < 1.29 is 0 Å². The Morgan fingerprint density at radius 3 is 2.71 bits per heavy atom. The molecular weight excluding hydrogens is 210 g/mol.